The zero-order valence-electron chi connectivity index (χ0n) is 13.3. The number of hydrogen-bond donors (Lipinski definition) is 1. The molecule has 0 aromatic carbocycles. The first-order valence-electron chi connectivity index (χ1n) is 7.51. The van der Waals surface area contributed by atoms with Gasteiger partial charge in [0.05, 0.1) is 11.5 Å². The molecule has 0 spiro atoms. The molecule has 1 aliphatic rings. The van der Waals surface area contributed by atoms with E-state index in [1.54, 1.807) is 11.1 Å². The van der Waals surface area contributed by atoms with Gasteiger partial charge in [0, 0.05) is 36.1 Å². The third-order valence-corrected chi connectivity index (χ3v) is 5.25. The third-order valence-electron chi connectivity index (χ3n) is 4.49. The van der Waals surface area contributed by atoms with E-state index in [0.717, 1.165) is 16.5 Å². The van der Waals surface area contributed by atoms with Gasteiger partial charge < -0.3 is 10.0 Å². The number of likely N-dealkylation sites (tertiary alicyclic amines) is 1. The highest BCUT2D eigenvalue weighted by Gasteiger charge is 2.38. The van der Waals surface area contributed by atoms with Gasteiger partial charge in [-0.15, -0.1) is 11.3 Å². The first-order valence-corrected chi connectivity index (χ1v) is 8.39. The maximum absolute atomic E-state index is 12.8. The molecular formula is C16H19N3O3S. The van der Waals surface area contributed by atoms with Crippen molar-refractivity contribution in [2.75, 3.05) is 13.1 Å². The largest absolute Gasteiger partial charge is 0.481 e. The van der Waals surface area contributed by atoms with E-state index in [-0.39, 0.29) is 18.4 Å². The Bertz CT molecular complexity index is 751. The predicted octanol–water partition coefficient (Wildman–Crippen LogP) is 2.34. The number of thiazole rings is 1. The Hall–Kier alpha value is -2.15. The molecule has 0 bridgehead atoms. The van der Waals surface area contributed by atoms with E-state index in [9.17, 15) is 14.7 Å². The number of amides is 1. The molecule has 1 saturated heterocycles. The van der Waals surface area contributed by atoms with Crippen molar-refractivity contribution in [3.63, 3.8) is 0 Å². The molecule has 2 atom stereocenters. The van der Waals surface area contributed by atoms with Crippen LogP contribution in [0.25, 0.3) is 5.13 Å². The van der Waals surface area contributed by atoms with Crippen molar-refractivity contribution in [1.82, 2.24) is 14.5 Å². The third kappa shape index (κ3) is 2.65. The molecule has 3 rings (SSSR count). The minimum absolute atomic E-state index is 0.0288. The first kappa shape index (κ1) is 15.7. The summed E-state index contributed by atoms with van der Waals surface area (Å²) in [5, 5.41) is 12.0. The van der Waals surface area contributed by atoms with Gasteiger partial charge in [0.15, 0.2) is 5.13 Å². The minimum atomic E-state index is -0.832. The summed E-state index contributed by atoms with van der Waals surface area (Å²) in [5.41, 5.74) is 2.41. The van der Waals surface area contributed by atoms with Crippen LogP contribution in [0.3, 0.4) is 0 Å². The van der Waals surface area contributed by atoms with Crippen LogP contribution in [0.4, 0.5) is 0 Å². The summed E-state index contributed by atoms with van der Waals surface area (Å²) in [6, 6.07) is 1.86. The Kier molecular flexibility index (Phi) is 3.97. The zero-order chi connectivity index (χ0) is 16.7. The van der Waals surface area contributed by atoms with Crippen molar-refractivity contribution >= 4 is 23.2 Å². The molecule has 7 heteroatoms. The zero-order valence-corrected chi connectivity index (χ0v) is 14.1. The number of nitrogens with zero attached hydrogens (tertiary/aromatic N) is 3. The fourth-order valence-electron chi connectivity index (χ4n) is 3.22. The van der Waals surface area contributed by atoms with Crippen LogP contribution in [0.2, 0.25) is 0 Å². The van der Waals surface area contributed by atoms with Crippen LogP contribution >= 0.6 is 11.3 Å². The lowest BCUT2D eigenvalue weighted by Crippen LogP contribution is -2.30. The smallest absolute Gasteiger partial charge is 0.308 e. The maximum Gasteiger partial charge on any atom is 0.308 e. The summed E-state index contributed by atoms with van der Waals surface area (Å²) < 4.78 is 1.96. The van der Waals surface area contributed by atoms with Crippen LogP contribution in [0.5, 0.6) is 0 Å². The number of carboxylic acids is 1. The molecule has 1 N–H and O–H groups in total. The lowest BCUT2D eigenvalue weighted by molar-refractivity contribution is -0.142. The Morgan fingerprint density at radius 2 is 2.09 bits per heavy atom. The fraction of sp³-hybridized carbons (Fsp3) is 0.438. The topological polar surface area (TPSA) is 75.4 Å². The SMILES string of the molecule is Cc1cc(C(=O)N2C[C@@H](C)[C@H](C(=O)O)C2)c(C)n1-c1nccs1. The molecule has 0 aliphatic carbocycles. The van der Waals surface area contributed by atoms with Gasteiger partial charge in [-0.2, -0.15) is 0 Å². The van der Waals surface area contributed by atoms with Gasteiger partial charge in [0.2, 0.25) is 0 Å². The van der Waals surface area contributed by atoms with E-state index >= 15 is 0 Å². The highest BCUT2D eigenvalue weighted by atomic mass is 32.1. The van der Waals surface area contributed by atoms with Crippen molar-refractivity contribution in [2.45, 2.75) is 20.8 Å². The van der Waals surface area contributed by atoms with Crippen LogP contribution in [-0.4, -0.2) is 44.5 Å². The van der Waals surface area contributed by atoms with Crippen molar-refractivity contribution in [1.29, 1.82) is 0 Å². The summed E-state index contributed by atoms with van der Waals surface area (Å²) in [6.45, 7) is 6.48. The van der Waals surface area contributed by atoms with Crippen LogP contribution < -0.4 is 0 Å². The Balaban J connectivity index is 1.90. The number of aromatic nitrogens is 2. The van der Waals surface area contributed by atoms with Crippen LogP contribution in [0.1, 0.15) is 28.7 Å². The van der Waals surface area contributed by atoms with Gasteiger partial charge in [0.1, 0.15) is 0 Å². The average molecular weight is 333 g/mol. The van der Waals surface area contributed by atoms with E-state index in [1.807, 2.05) is 36.8 Å². The molecule has 2 aromatic heterocycles. The van der Waals surface area contributed by atoms with E-state index in [2.05, 4.69) is 4.98 Å². The Morgan fingerprint density at radius 1 is 1.35 bits per heavy atom. The number of carbonyl (C=O) groups excluding carboxylic acids is 1. The van der Waals surface area contributed by atoms with Crippen LogP contribution in [0.15, 0.2) is 17.6 Å². The number of carbonyl (C=O) groups is 2. The highest BCUT2D eigenvalue weighted by Crippen LogP contribution is 2.28. The molecule has 1 amide bonds. The molecular weight excluding hydrogens is 314 g/mol. The molecule has 1 aliphatic heterocycles. The number of carboxylic acid groups (broad SMARTS) is 1. The Labute approximate surface area is 138 Å². The van der Waals surface area contributed by atoms with Crippen molar-refractivity contribution in [3.8, 4) is 5.13 Å². The van der Waals surface area contributed by atoms with Crippen molar-refractivity contribution in [3.05, 3.63) is 34.6 Å². The standard InChI is InChI=1S/C16H19N3O3S/c1-9-7-18(8-13(9)15(21)22)14(20)12-6-10(2)19(11(12)3)16-17-4-5-23-16/h4-6,9,13H,7-8H2,1-3H3,(H,21,22)/t9-,13-/m1/s1. The van der Waals surface area contributed by atoms with Gasteiger partial charge in [0.25, 0.3) is 5.91 Å². The fourth-order valence-corrected chi connectivity index (χ4v) is 3.98. The van der Waals surface area contributed by atoms with Crippen molar-refractivity contribution < 1.29 is 14.7 Å². The van der Waals surface area contributed by atoms with Gasteiger partial charge >= 0.3 is 5.97 Å². The number of rotatable bonds is 3. The minimum Gasteiger partial charge on any atom is -0.481 e. The molecule has 0 unspecified atom stereocenters. The molecule has 2 aromatic rings. The van der Waals surface area contributed by atoms with E-state index in [0.29, 0.717) is 12.1 Å². The average Bonchev–Trinajstić information content (AvgIpc) is 3.18. The second kappa shape index (κ2) is 5.81. The molecule has 3 heterocycles. The maximum atomic E-state index is 12.8. The lowest BCUT2D eigenvalue weighted by Gasteiger charge is -2.16. The van der Waals surface area contributed by atoms with E-state index in [4.69, 9.17) is 0 Å². The monoisotopic (exact) mass is 333 g/mol. The summed E-state index contributed by atoms with van der Waals surface area (Å²) in [7, 11) is 0. The van der Waals surface area contributed by atoms with Crippen molar-refractivity contribution in [2.24, 2.45) is 11.8 Å². The second-order valence-electron chi connectivity index (χ2n) is 6.07. The summed E-state index contributed by atoms with van der Waals surface area (Å²) in [5.74, 6) is -1.45. The Morgan fingerprint density at radius 3 is 2.65 bits per heavy atom. The number of aliphatic carboxylic acids is 1. The quantitative estimate of drug-likeness (QED) is 0.935. The van der Waals surface area contributed by atoms with Gasteiger partial charge in [-0.1, -0.05) is 6.92 Å². The summed E-state index contributed by atoms with van der Waals surface area (Å²) in [4.78, 5) is 30.0. The van der Waals surface area contributed by atoms with Gasteiger partial charge in [-0.25, -0.2) is 4.98 Å². The summed E-state index contributed by atoms with van der Waals surface area (Å²) in [6.07, 6.45) is 1.74. The number of aryl methyl sites for hydroxylation is 1. The van der Waals surface area contributed by atoms with Crippen LogP contribution in [-0.2, 0) is 4.79 Å². The summed E-state index contributed by atoms with van der Waals surface area (Å²) >= 11 is 1.52. The van der Waals surface area contributed by atoms with E-state index in [1.165, 1.54) is 11.3 Å². The van der Waals surface area contributed by atoms with Gasteiger partial charge in [-0.05, 0) is 25.8 Å². The second-order valence-corrected chi connectivity index (χ2v) is 6.94. The van der Waals surface area contributed by atoms with Crippen LogP contribution in [0, 0.1) is 25.7 Å². The molecule has 6 nitrogen and oxygen atoms in total. The number of hydrogen-bond acceptors (Lipinski definition) is 4. The van der Waals surface area contributed by atoms with Gasteiger partial charge in [-0.3, -0.25) is 14.2 Å². The molecule has 122 valence electrons. The molecule has 0 saturated carbocycles. The first-order chi connectivity index (χ1) is 10.9. The normalized spacial score (nSPS) is 20.9. The molecule has 23 heavy (non-hydrogen) atoms. The molecule has 0 radical (unpaired) electrons. The molecule has 1 fully saturated rings. The highest BCUT2D eigenvalue weighted by molar-refractivity contribution is 7.12. The van der Waals surface area contributed by atoms with E-state index < -0.39 is 11.9 Å². The predicted molar refractivity (Wildman–Crippen MR) is 87.1 cm³/mol. The lowest BCUT2D eigenvalue weighted by atomic mass is 9.99.